The number of halogens is 1. The molecule has 0 aliphatic heterocycles. The van der Waals surface area contributed by atoms with Gasteiger partial charge in [0.1, 0.15) is 24.1 Å². The summed E-state index contributed by atoms with van der Waals surface area (Å²) in [5, 5.41) is 3.33. The van der Waals surface area contributed by atoms with Gasteiger partial charge in [-0.2, -0.15) is 0 Å². The first kappa shape index (κ1) is 31.8. The van der Waals surface area contributed by atoms with Crippen molar-refractivity contribution < 1.29 is 27.5 Å². The zero-order valence-corrected chi connectivity index (χ0v) is 25.4. The quantitative estimate of drug-likeness (QED) is 0.313. The van der Waals surface area contributed by atoms with Crippen molar-refractivity contribution in [2.45, 2.75) is 38.9 Å². The molecular formula is C30H36ClN3O6S. The van der Waals surface area contributed by atoms with Crippen LogP contribution in [0.4, 0.5) is 5.69 Å². The van der Waals surface area contributed by atoms with Gasteiger partial charge < -0.3 is 19.7 Å². The molecule has 220 valence electrons. The van der Waals surface area contributed by atoms with Crippen LogP contribution in [0.5, 0.6) is 11.5 Å². The maximum Gasteiger partial charge on any atom is 0.244 e. The molecule has 9 nitrogen and oxygen atoms in total. The molecule has 1 N–H and O–H groups in total. The van der Waals surface area contributed by atoms with E-state index in [1.165, 1.54) is 31.3 Å². The minimum atomic E-state index is -3.97. The highest BCUT2D eigenvalue weighted by molar-refractivity contribution is 7.92. The van der Waals surface area contributed by atoms with E-state index in [1.54, 1.807) is 30.3 Å². The molecule has 41 heavy (non-hydrogen) atoms. The van der Waals surface area contributed by atoms with Gasteiger partial charge in [-0.1, -0.05) is 60.1 Å². The van der Waals surface area contributed by atoms with Crippen molar-refractivity contribution >= 4 is 39.1 Å². The summed E-state index contributed by atoms with van der Waals surface area (Å²) in [6, 6.07) is 19.8. The van der Waals surface area contributed by atoms with Gasteiger partial charge in [-0.05, 0) is 43.2 Å². The molecule has 11 heteroatoms. The Bertz CT molecular complexity index is 1450. The fourth-order valence-electron chi connectivity index (χ4n) is 4.33. The lowest BCUT2D eigenvalue weighted by Gasteiger charge is -2.34. The number of nitrogens with zero attached hydrogens (tertiary/aromatic N) is 2. The maximum atomic E-state index is 14.2. The standard InChI is InChI=1S/C30H36ClN3O6S/c1-21(2)32-30(36)27(17-22-11-7-6-8-12-22)33(19-23-13-9-10-14-25(23)31)29(35)20-34(41(5,37)38)26-16-15-24(39-3)18-28(26)40-4/h6-16,18,21,27H,17,19-20H2,1-5H3,(H,32,36). The highest BCUT2D eigenvalue weighted by Crippen LogP contribution is 2.34. The second-order valence-electron chi connectivity index (χ2n) is 9.79. The molecule has 0 aliphatic rings. The van der Waals surface area contributed by atoms with E-state index in [4.69, 9.17) is 21.1 Å². The SMILES string of the molecule is COc1ccc(N(CC(=O)N(Cc2ccccc2Cl)C(Cc2ccccc2)C(=O)NC(C)C)S(C)(=O)=O)c(OC)c1. The molecule has 0 bridgehead atoms. The van der Waals surface area contributed by atoms with Crippen LogP contribution in [0.2, 0.25) is 5.02 Å². The molecule has 0 saturated heterocycles. The Morgan fingerprint density at radius 1 is 0.951 bits per heavy atom. The molecule has 0 saturated carbocycles. The number of carbonyl (C=O) groups excluding carboxylic acids is 2. The number of anilines is 1. The normalized spacial score (nSPS) is 12.0. The van der Waals surface area contributed by atoms with E-state index in [9.17, 15) is 18.0 Å². The van der Waals surface area contributed by atoms with E-state index in [-0.39, 0.29) is 36.4 Å². The van der Waals surface area contributed by atoms with Crippen LogP contribution in [-0.2, 0) is 32.6 Å². The number of amides is 2. The Morgan fingerprint density at radius 2 is 1.61 bits per heavy atom. The van der Waals surface area contributed by atoms with Gasteiger partial charge >= 0.3 is 0 Å². The van der Waals surface area contributed by atoms with Gasteiger partial charge in [0, 0.05) is 30.1 Å². The van der Waals surface area contributed by atoms with Gasteiger partial charge in [-0.15, -0.1) is 0 Å². The first-order valence-electron chi connectivity index (χ1n) is 13.0. The van der Waals surface area contributed by atoms with Gasteiger partial charge in [-0.3, -0.25) is 13.9 Å². The number of ether oxygens (including phenoxy) is 2. The molecule has 0 fully saturated rings. The lowest BCUT2D eigenvalue weighted by molar-refractivity contribution is -0.140. The fourth-order valence-corrected chi connectivity index (χ4v) is 5.38. The van der Waals surface area contributed by atoms with Crippen LogP contribution in [0.3, 0.4) is 0 Å². The Balaban J connectivity index is 2.10. The smallest absolute Gasteiger partial charge is 0.244 e. The minimum absolute atomic E-state index is 0.0150. The third kappa shape index (κ3) is 8.61. The molecule has 3 aromatic carbocycles. The molecule has 3 rings (SSSR count). The van der Waals surface area contributed by atoms with Crippen molar-refractivity contribution in [3.8, 4) is 11.5 Å². The van der Waals surface area contributed by atoms with Crippen LogP contribution < -0.4 is 19.1 Å². The van der Waals surface area contributed by atoms with Crippen LogP contribution in [-0.4, -0.2) is 64.2 Å². The molecule has 1 unspecified atom stereocenters. The number of sulfonamides is 1. The Kier molecular flexibility index (Phi) is 11.0. The summed E-state index contributed by atoms with van der Waals surface area (Å²) in [6.45, 7) is 3.07. The fraction of sp³-hybridized carbons (Fsp3) is 0.333. The van der Waals surface area contributed by atoms with Crippen LogP contribution in [0.25, 0.3) is 0 Å². The summed E-state index contributed by atoms with van der Waals surface area (Å²) in [5.74, 6) is -0.289. The number of carbonyl (C=O) groups is 2. The Hall–Kier alpha value is -3.76. The van der Waals surface area contributed by atoms with Crippen molar-refractivity contribution in [2.75, 3.05) is 31.3 Å². The summed E-state index contributed by atoms with van der Waals surface area (Å²) in [7, 11) is -1.09. The van der Waals surface area contributed by atoms with Crippen molar-refractivity contribution in [2.24, 2.45) is 0 Å². The Labute approximate surface area is 247 Å². The number of hydrogen-bond donors (Lipinski definition) is 1. The van der Waals surface area contributed by atoms with Crippen LogP contribution in [0, 0.1) is 0 Å². The van der Waals surface area contributed by atoms with Crippen molar-refractivity contribution in [1.29, 1.82) is 0 Å². The largest absolute Gasteiger partial charge is 0.497 e. The van der Waals surface area contributed by atoms with E-state index in [0.29, 0.717) is 16.3 Å². The monoisotopic (exact) mass is 601 g/mol. The van der Waals surface area contributed by atoms with Gasteiger partial charge in [0.25, 0.3) is 0 Å². The summed E-state index contributed by atoms with van der Waals surface area (Å²) in [4.78, 5) is 29.2. The first-order valence-corrected chi connectivity index (χ1v) is 15.2. The van der Waals surface area contributed by atoms with E-state index in [2.05, 4.69) is 5.32 Å². The molecule has 0 heterocycles. The molecule has 0 aromatic heterocycles. The van der Waals surface area contributed by atoms with Crippen molar-refractivity contribution in [1.82, 2.24) is 10.2 Å². The second-order valence-corrected chi connectivity index (χ2v) is 12.1. The first-order chi connectivity index (χ1) is 19.4. The predicted molar refractivity (Wildman–Crippen MR) is 161 cm³/mol. The van der Waals surface area contributed by atoms with Gasteiger partial charge in [0.2, 0.25) is 21.8 Å². The number of methoxy groups -OCH3 is 2. The average molecular weight is 602 g/mol. The predicted octanol–water partition coefficient (Wildman–Crippen LogP) is 4.29. The molecule has 3 aromatic rings. The Morgan fingerprint density at radius 3 is 2.20 bits per heavy atom. The number of nitrogens with one attached hydrogen (secondary N) is 1. The van der Waals surface area contributed by atoms with E-state index in [1.807, 2.05) is 44.2 Å². The second kappa shape index (κ2) is 14.2. The van der Waals surface area contributed by atoms with Gasteiger partial charge in [0.15, 0.2) is 0 Å². The lowest BCUT2D eigenvalue weighted by Crippen LogP contribution is -2.54. The molecule has 1 atom stereocenters. The maximum absolute atomic E-state index is 14.2. The summed E-state index contributed by atoms with van der Waals surface area (Å²) in [5.41, 5.74) is 1.61. The van der Waals surface area contributed by atoms with Gasteiger partial charge in [0.05, 0.1) is 26.2 Å². The van der Waals surface area contributed by atoms with E-state index < -0.39 is 28.5 Å². The van der Waals surface area contributed by atoms with E-state index >= 15 is 0 Å². The number of benzene rings is 3. The third-order valence-electron chi connectivity index (χ3n) is 6.34. The third-order valence-corrected chi connectivity index (χ3v) is 7.83. The van der Waals surface area contributed by atoms with Crippen molar-refractivity contribution in [3.63, 3.8) is 0 Å². The van der Waals surface area contributed by atoms with Crippen LogP contribution >= 0.6 is 11.6 Å². The summed E-state index contributed by atoms with van der Waals surface area (Å²) >= 11 is 6.47. The lowest BCUT2D eigenvalue weighted by atomic mass is 10.0. The summed E-state index contributed by atoms with van der Waals surface area (Å²) < 4.78 is 37.7. The molecule has 0 aliphatic carbocycles. The minimum Gasteiger partial charge on any atom is -0.497 e. The molecular weight excluding hydrogens is 566 g/mol. The van der Waals surface area contributed by atoms with Crippen LogP contribution in [0.1, 0.15) is 25.0 Å². The molecule has 0 radical (unpaired) electrons. The zero-order valence-electron chi connectivity index (χ0n) is 23.8. The number of rotatable bonds is 13. The van der Waals surface area contributed by atoms with Crippen LogP contribution in [0.15, 0.2) is 72.8 Å². The van der Waals surface area contributed by atoms with Crippen molar-refractivity contribution in [3.05, 3.63) is 88.9 Å². The number of hydrogen-bond acceptors (Lipinski definition) is 6. The molecule has 2 amide bonds. The highest BCUT2D eigenvalue weighted by Gasteiger charge is 2.34. The van der Waals surface area contributed by atoms with E-state index in [0.717, 1.165) is 16.1 Å². The highest BCUT2D eigenvalue weighted by atomic mass is 35.5. The van der Waals surface area contributed by atoms with Gasteiger partial charge in [-0.25, -0.2) is 8.42 Å². The summed E-state index contributed by atoms with van der Waals surface area (Å²) in [6.07, 6.45) is 1.22. The molecule has 0 spiro atoms. The average Bonchev–Trinajstić information content (AvgIpc) is 2.93. The zero-order chi connectivity index (χ0) is 30.2. The topological polar surface area (TPSA) is 105 Å².